The fourth-order valence-corrected chi connectivity index (χ4v) is 6.63. The largest absolute Gasteiger partial charge is 0.226 e. The molecule has 0 aliphatic heterocycles. The van der Waals surface area contributed by atoms with Gasteiger partial charge in [0, 0.05) is 0 Å². The van der Waals surface area contributed by atoms with Crippen LogP contribution in [0.1, 0.15) is 59.3 Å². The summed E-state index contributed by atoms with van der Waals surface area (Å²) >= 11 is 4.88. The highest BCUT2D eigenvalue weighted by Crippen LogP contribution is 2.71. The van der Waals surface area contributed by atoms with Gasteiger partial charge in [0.1, 0.15) is 0 Å². The molecule has 4 rings (SSSR count). The van der Waals surface area contributed by atoms with E-state index in [2.05, 4.69) is 30.9 Å². The van der Waals surface area contributed by atoms with Gasteiger partial charge in [-0.15, -0.1) is 0 Å². The molecule has 4 fully saturated rings. The van der Waals surface area contributed by atoms with E-state index in [4.69, 9.17) is 12.2 Å². The van der Waals surface area contributed by atoms with Crippen LogP contribution in [0.3, 0.4) is 0 Å². The van der Waals surface area contributed by atoms with Gasteiger partial charge >= 0.3 is 0 Å². The summed E-state index contributed by atoms with van der Waals surface area (Å²) in [6.07, 6.45) is 7.91. The number of hydrogen-bond acceptors (Lipinski definition) is 2. The third kappa shape index (κ3) is 1.43. The third-order valence-electron chi connectivity index (χ3n) is 5.11. The Bertz CT molecular complexity index is 340. The maximum absolute atomic E-state index is 4.88. The lowest BCUT2D eigenvalue weighted by Crippen LogP contribution is -2.61. The van der Waals surface area contributed by atoms with Crippen molar-refractivity contribution in [2.45, 2.75) is 64.8 Å². The average Bonchev–Trinajstić information content (AvgIpc) is 1.91. The molecular weight excluding hydrogens is 214 g/mol. The van der Waals surface area contributed by atoms with E-state index in [0.29, 0.717) is 16.2 Å². The van der Waals surface area contributed by atoms with Gasteiger partial charge in [0.25, 0.3) is 0 Å². The summed E-state index contributed by atoms with van der Waals surface area (Å²) in [5.74, 6) is 0. The smallest absolute Gasteiger partial charge is 0.0726 e. The van der Waals surface area contributed by atoms with Crippen molar-refractivity contribution in [3.63, 3.8) is 0 Å². The number of hydrogen-bond donors (Lipinski definition) is 0. The van der Waals surface area contributed by atoms with Crippen LogP contribution in [-0.4, -0.2) is 10.7 Å². The fourth-order valence-electron chi connectivity index (χ4n) is 6.44. The second-order valence-electron chi connectivity index (χ2n) is 7.92. The Morgan fingerprint density at radius 1 is 0.812 bits per heavy atom. The molecule has 0 spiro atoms. The molecule has 0 aromatic rings. The van der Waals surface area contributed by atoms with E-state index in [0.717, 1.165) is 0 Å². The molecular formula is C14H21NS. The normalized spacial score (nSPS) is 58.4. The van der Waals surface area contributed by atoms with Crippen molar-refractivity contribution in [2.24, 2.45) is 21.2 Å². The summed E-state index contributed by atoms with van der Waals surface area (Å²) in [4.78, 5) is 4.62. The van der Waals surface area contributed by atoms with Crippen molar-refractivity contribution in [1.82, 2.24) is 0 Å². The van der Waals surface area contributed by atoms with E-state index in [9.17, 15) is 0 Å². The lowest BCUT2D eigenvalue weighted by Gasteiger charge is -2.67. The van der Waals surface area contributed by atoms with Gasteiger partial charge in [-0.2, -0.15) is 0 Å². The SMILES string of the molecule is CC12CC3(C)CC(C)(C1)CC(N=C=S)(C2)C3. The van der Waals surface area contributed by atoms with Crippen LogP contribution in [0.15, 0.2) is 4.99 Å². The maximum Gasteiger partial charge on any atom is 0.0726 e. The Morgan fingerprint density at radius 2 is 1.19 bits per heavy atom. The molecule has 0 atom stereocenters. The van der Waals surface area contributed by atoms with Crippen molar-refractivity contribution in [3.8, 4) is 0 Å². The predicted octanol–water partition coefficient (Wildman–Crippen LogP) is 4.23. The highest BCUT2D eigenvalue weighted by Gasteiger charge is 2.64. The topological polar surface area (TPSA) is 12.4 Å². The molecule has 4 aliphatic carbocycles. The van der Waals surface area contributed by atoms with Crippen molar-refractivity contribution in [2.75, 3.05) is 0 Å². The quantitative estimate of drug-likeness (QED) is 0.489. The minimum Gasteiger partial charge on any atom is -0.226 e. The molecule has 0 aromatic carbocycles. The Kier molecular flexibility index (Phi) is 1.90. The Balaban J connectivity index is 2.10. The summed E-state index contributed by atoms with van der Waals surface area (Å²) in [5.41, 5.74) is 1.67. The van der Waals surface area contributed by atoms with E-state index in [1.165, 1.54) is 38.5 Å². The number of rotatable bonds is 1. The zero-order chi connectivity index (χ0) is 11.7. The van der Waals surface area contributed by atoms with Gasteiger partial charge in [0.2, 0.25) is 0 Å². The van der Waals surface area contributed by atoms with Crippen molar-refractivity contribution >= 4 is 17.4 Å². The molecule has 16 heavy (non-hydrogen) atoms. The second-order valence-corrected chi connectivity index (χ2v) is 8.10. The highest BCUT2D eigenvalue weighted by molar-refractivity contribution is 7.78. The molecule has 2 heteroatoms. The molecule has 1 nitrogen and oxygen atoms in total. The third-order valence-corrected chi connectivity index (χ3v) is 5.20. The summed E-state index contributed by atoms with van der Waals surface area (Å²) in [5, 5.41) is 2.68. The molecule has 4 saturated carbocycles. The van der Waals surface area contributed by atoms with Gasteiger partial charge in [0.15, 0.2) is 0 Å². The standard InChI is InChI=1S/C14H21NS/c1-11-4-12(2)6-13(3,5-11)9-14(7-11,8-12)15-10-16/h4-9H2,1-3H3. The van der Waals surface area contributed by atoms with Gasteiger partial charge in [0.05, 0.1) is 10.7 Å². The zero-order valence-corrected chi connectivity index (χ0v) is 11.4. The number of nitrogens with zero attached hydrogens (tertiary/aromatic N) is 1. The first kappa shape index (κ1) is 10.9. The molecule has 0 saturated heterocycles. The lowest BCUT2D eigenvalue weighted by molar-refractivity contribution is -0.146. The van der Waals surface area contributed by atoms with Crippen LogP contribution in [0.2, 0.25) is 0 Å². The van der Waals surface area contributed by atoms with Crippen LogP contribution in [-0.2, 0) is 0 Å². The maximum atomic E-state index is 4.88. The van der Waals surface area contributed by atoms with Crippen molar-refractivity contribution in [3.05, 3.63) is 0 Å². The van der Waals surface area contributed by atoms with Gasteiger partial charge < -0.3 is 0 Å². The van der Waals surface area contributed by atoms with E-state index in [1.807, 2.05) is 0 Å². The summed E-state index contributed by atoms with van der Waals surface area (Å²) in [6, 6.07) is 0. The van der Waals surface area contributed by atoms with Crippen LogP contribution in [0.5, 0.6) is 0 Å². The molecule has 0 radical (unpaired) electrons. The Morgan fingerprint density at radius 3 is 1.50 bits per heavy atom. The van der Waals surface area contributed by atoms with Crippen molar-refractivity contribution in [1.29, 1.82) is 0 Å². The van der Waals surface area contributed by atoms with E-state index >= 15 is 0 Å². The average molecular weight is 235 g/mol. The van der Waals surface area contributed by atoms with Crippen molar-refractivity contribution < 1.29 is 0 Å². The molecule has 0 N–H and O–H groups in total. The summed E-state index contributed by atoms with van der Waals surface area (Å²) < 4.78 is 0. The highest BCUT2D eigenvalue weighted by atomic mass is 32.1. The Labute approximate surface area is 104 Å². The monoisotopic (exact) mass is 235 g/mol. The predicted molar refractivity (Wildman–Crippen MR) is 69.8 cm³/mol. The second kappa shape index (κ2) is 2.79. The molecule has 4 aliphatic rings. The zero-order valence-electron chi connectivity index (χ0n) is 10.6. The number of aliphatic imine (C=N–C) groups is 1. The first-order valence-corrected chi connectivity index (χ1v) is 6.80. The van der Waals surface area contributed by atoms with Gasteiger partial charge in [-0.3, -0.25) is 0 Å². The first-order valence-electron chi connectivity index (χ1n) is 6.39. The summed E-state index contributed by atoms with van der Waals surface area (Å²) in [7, 11) is 0. The van der Waals surface area contributed by atoms with Crippen LogP contribution < -0.4 is 0 Å². The Hall–Kier alpha value is -0.200. The van der Waals surface area contributed by atoms with E-state index in [-0.39, 0.29) is 5.54 Å². The van der Waals surface area contributed by atoms with E-state index in [1.54, 1.807) is 0 Å². The van der Waals surface area contributed by atoms with Crippen LogP contribution >= 0.6 is 12.2 Å². The van der Waals surface area contributed by atoms with Crippen LogP contribution in [0.25, 0.3) is 0 Å². The lowest BCUT2D eigenvalue weighted by atomic mass is 9.39. The van der Waals surface area contributed by atoms with Gasteiger partial charge in [-0.1, -0.05) is 20.8 Å². The molecule has 0 aromatic heterocycles. The van der Waals surface area contributed by atoms with E-state index < -0.39 is 0 Å². The summed E-state index contributed by atoms with van der Waals surface area (Å²) in [6.45, 7) is 7.40. The van der Waals surface area contributed by atoms with Gasteiger partial charge in [-0.05, 0) is 67.0 Å². The fraction of sp³-hybridized carbons (Fsp3) is 0.929. The van der Waals surface area contributed by atoms with Gasteiger partial charge in [-0.25, -0.2) is 4.99 Å². The number of isothiocyanates is 1. The minimum absolute atomic E-state index is 0.148. The molecule has 0 unspecified atom stereocenters. The number of thiocarbonyl (C=S) groups is 1. The minimum atomic E-state index is 0.148. The molecule has 4 bridgehead atoms. The molecule has 0 heterocycles. The molecule has 0 amide bonds. The molecule has 88 valence electrons. The first-order chi connectivity index (χ1) is 7.30. The van der Waals surface area contributed by atoms with Crippen LogP contribution in [0.4, 0.5) is 0 Å². The van der Waals surface area contributed by atoms with Crippen LogP contribution in [0, 0.1) is 16.2 Å².